The third-order valence-corrected chi connectivity index (χ3v) is 4.64. The van der Waals surface area contributed by atoms with Crippen molar-refractivity contribution >= 4 is 33.0 Å². The second-order valence-electron chi connectivity index (χ2n) is 3.90. The summed E-state index contributed by atoms with van der Waals surface area (Å²) in [6, 6.07) is 4.45. The van der Waals surface area contributed by atoms with E-state index in [4.69, 9.17) is 23.2 Å². The molecule has 0 saturated carbocycles. The van der Waals surface area contributed by atoms with Crippen molar-refractivity contribution in [1.82, 2.24) is 10.2 Å². The van der Waals surface area contributed by atoms with Gasteiger partial charge in [-0.25, -0.2) is 8.42 Å². The van der Waals surface area contributed by atoms with Gasteiger partial charge in [0.25, 0.3) is 0 Å². The lowest BCUT2D eigenvalue weighted by atomic mass is 10.1. The molecule has 2 aromatic rings. The van der Waals surface area contributed by atoms with Gasteiger partial charge in [-0.05, 0) is 23.8 Å². The standard InChI is InChI=1S/C12H9Cl2N2O3S/c1-2-20(18,19)12-11(10(17)6-15-16-12)7-3-8(13)5-9(14)4-7/h3-5H,2H2,1H3,(H,16,17). The van der Waals surface area contributed by atoms with Gasteiger partial charge in [0.05, 0.1) is 11.3 Å². The monoisotopic (exact) mass is 331 g/mol. The predicted molar refractivity (Wildman–Crippen MR) is 75.7 cm³/mol. The van der Waals surface area contributed by atoms with Crippen molar-refractivity contribution < 1.29 is 13.5 Å². The summed E-state index contributed by atoms with van der Waals surface area (Å²) in [7, 11) is -3.66. The minimum Gasteiger partial charge on any atom is -0.505 e. The summed E-state index contributed by atoms with van der Waals surface area (Å²) in [5.41, 5.74) is 0.324. The van der Waals surface area contributed by atoms with E-state index >= 15 is 0 Å². The maximum Gasteiger partial charge on any atom is 0.197 e. The Morgan fingerprint density at radius 1 is 1.25 bits per heavy atom. The molecular formula is C12H9Cl2N2O3S. The molecule has 1 aromatic carbocycles. The van der Waals surface area contributed by atoms with E-state index in [0.29, 0.717) is 15.6 Å². The fraction of sp³-hybridized carbons (Fsp3) is 0.167. The number of aromatic nitrogens is 2. The highest BCUT2D eigenvalue weighted by Crippen LogP contribution is 2.36. The van der Waals surface area contributed by atoms with Gasteiger partial charge in [0.1, 0.15) is 0 Å². The quantitative estimate of drug-likeness (QED) is 0.935. The first-order valence-electron chi connectivity index (χ1n) is 5.51. The number of nitrogens with zero attached hydrogens (tertiary/aromatic N) is 2. The Hall–Kier alpha value is -1.37. The van der Waals surface area contributed by atoms with Crippen LogP contribution >= 0.6 is 23.2 Å². The van der Waals surface area contributed by atoms with E-state index in [1.165, 1.54) is 25.1 Å². The van der Waals surface area contributed by atoms with E-state index in [2.05, 4.69) is 16.4 Å². The second kappa shape index (κ2) is 5.55. The maximum absolute atomic E-state index is 12.0. The molecule has 20 heavy (non-hydrogen) atoms. The molecule has 2 rings (SSSR count). The van der Waals surface area contributed by atoms with Gasteiger partial charge < -0.3 is 5.11 Å². The summed E-state index contributed by atoms with van der Waals surface area (Å²) in [4.78, 5) is 0. The Bertz CT molecular complexity index is 743. The lowest BCUT2D eigenvalue weighted by molar-refractivity contribution is 0.467. The fourth-order valence-corrected chi connectivity index (χ4v) is 3.13. The SMILES string of the molecule is CCS(=O)(=O)c1nn[c]c(O)c1-c1cc(Cl)cc(Cl)c1. The number of aromatic hydroxyl groups is 1. The van der Waals surface area contributed by atoms with Crippen LogP contribution in [0.2, 0.25) is 10.0 Å². The minimum absolute atomic E-state index is 0.00810. The molecule has 1 aromatic heterocycles. The fourth-order valence-electron chi connectivity index (χ4n) is 1.64. The Labute approximate surface area is 126 Å². The lowest BCUT2D eigenvalue weighted by Gasteiger charge is -2.10. The molecule has 0 aliphatic carbocycles. The average molecular weight is 332 g/mol. The van der Waals surface area contributed by atoms with Crippen LogP contribution in [0, 0.1) is 6.20 Å². The summed E-state index contributed by atoms with van der Waals surface area (Å²) < 4.78 is 24.0. The molecule has 0 aliphatic heterocycles. The van der Waals surface area contributed by atoms with Gasteiger partial charge in [-0.2, -0.15) is 0 Å². The average Bonchev–Trinajstić information content (AvgIpc) is 2.37. The van der Waals surface area contributed by atoms with E-state index in [1.54, 1.807) is 0 Å². The van der Waals surface area contributed by atoms with Gasteiger partial charge in [0, 0.05) is 10.0 Å². The zero-order chi connectivity index (χ0) is 14.9. The zero-order valence-electron chi connectivity index (χ0n) is 10.3. The Morgan fingerprint density at radius 3 is 2.40 bits per heavy atom. The summed E-state index contributed by atoms with van der Waals surface area (Å²) in [6.07, 6.45) is 2.22. The molecule has 0 unspecified atom stereocenters. The molecule has 1 radical (unpaired) electrons. The smallest absolute Gasteiger partial charge is 0.197 e. The Balaban J connectivity index is 2.80. The number of benzene rings is 1. The summed E-state index contributed by atoms with van der Waals surface area (Å²) in [5.74, 6) is -0.600. The molecule has 1 N–H and O–H groups in total. The third-order valence-electron chi connectivity index (χ3n) is 2.57. The zero-order valence-corrected chi connectivity index (χ0v) is 12.6. The van der Waals surface area contributed by atoms with Gasteiger partial charge >= 0.3 is 0 Å². The van der Waals surface area contributed by atoms with Crippen molar-refractivity contribution in [2.45, 2.75) is 11.9 Å². The van der Waals surface area contributed by atoms with E-state index in [0.717, 1.165) is 0 Å². The van der Waals surface area contributed by atoms with Crippen LogP contribution in [0.15, 0.2) is 23.2 Å². The van der Waals surface area contributed by atoms with Crippen molar-refractivity contribution in [1.29, 1.82) is 0 Å². The number of sulfone groups is 1. The second-order valence-corrected chi connectivity index (χ2v) is 6.97. The Morgan fingerprint density at radius 2 is 1.85 bits per heavy atom. The number of hydrogen-bond acceptors (Lipinski definition) is 5. The van der Waals surface area contributed by atoms with Gasteiger partial charge in [-0.3, -0.25) is 0 Å². The minimum atomic E-state index is -3.66. The van der Waals surface area contributed by atoms with Crippen LogP contribution < -0.4 is 0 Å². The summed E-state index contributed by atoms with van der Waals surface area (Å²) in [5, 5.41) is 17.1. The van der Waals surface area contributed by atoms with Gasteiger partial charge in [-0.15, -0.1) is 10.2 Å². The molecule has 0 saturated heterocycles. The molecule has 0 spiro atoms. The van der Waals surface area contributed by atoms with E-state index in [9.17, 15) is 13.5 Å². The third kappa shape index (κ3) is 2.87. The van der Waals surface area contributed by atoms with E-state index < -0.39 is 15.6 Å². The molecule has 105 valence electrons. The van der Waals surface area contributed by atoms with Crippen molar-refractivity contribution in [2.75, 3.05) is 5.75 Å². The van der Waals surface area contributed by atoms with Gasteiger partial charge in [0.2, 0.25) is 0 Å². The lowest BCUT2D eigenvalue weighted by Crippen LogP contribution is -2.09. The number of halogens is 2. The van der Waals surface area contributed by atoms with Crippen LogP contribution in [0.3, 0.4) is 0 Å². The predicted octanol–water partition coefficient (Wildman–Crippen LogP) is 2.75. The highest BCUT2D eigenvalue weighted by molar-refractivity contribution is 7.91. The topological polar surface area (TPSA) is 80.2 Å². The van der Waals surface area contributed by atoms with Gasteiger partial charge in [0.15, 0.2) is 26.8 Å². The molecule has 8 heteroatoms. The number of hydrogen-bond donors (Lipinski definition) is 1. The first kappa shape index (κ1) is 15.0. The van der Waals surface area contributed by atoms with Crippen LogP contribution in [0.25, 0.3) is 11.1 Å². The summed E-state index contributed by atoms with van der Waals surface area (Å²) in [6.45, 7) is 1.47. The normalized spacial score (nSPS) is 11.6. The Kier molecular flexibility index (Phi) is 4.17. The largest absolute Gasteiger partial charge is 0.505 e. The highest BCUT2D eigenvalue weighted by Gasteiger charge is 2.24. The molecule has 1 heterocycles. The summed E-state index contributed by atoms with van der Waals surface area (Å²) >= 11 is 11.8. The first-order chi connectivity index (χ1) is 9.35. The molecule has 0 atom stereocenters. The van der Waals surface area contributed by atoms with Crippen LogP contribution in [-0.4, -0.2) is 29.5 Å². The highest BCUT2D eigenvalue weighted by atomic mass is 35.5. The van der Waals surface area contributed by atoms with Crippen LogP contribution in [0.1, 0.15) is 6.92 Å². The van der Waals surface area contributed by atoms with Crippen LogP contribution in [-0.2, 0) is 9.84 Å². The van der Waals surface area contributed by atoms with Crippen LogP contribution in [0.5, 0.6) is 5.75 Å². The van der Waals surface area contributed by atoms with Crippen molar-refractivity contribution in [2.24, 2.45) is 0 Å². The number of rotatable bonds is 3. The van der Waals surface area contributed by atoms with Crippen LogP contribution in [0.4, 0.5) is 0 Å². The molecule has 0 amide bonds. The van der Waals surface area contributed by atoms with Gasteiger partial charge in [-0.1, -0.05) is 30.1 Å². The maximum atomic E-state index is 12.0. The van der Waals surface area contributed by atoms with Crippen molar-refractivity contribution in [3.63, 3.8) is 0 Å². The first-order valence-corrected chi connectivity index (χ1v) is 7.92. The molecule has 5 nitrogen and oxygen atoms in total. The molecule has 0 aliphatic rings. The molecule has 0 bridgehead atoms. The van der Waals surface area contributed by atoms with E-state index in [1.807, 2.05) is 0 Å². The molecule has 0 fully saturated rings. The van der Waals surface area contributed by atoms with E-state index in [-0.39, 0.29) is 16.3 Å². The molecular weight excluding hydrogens is 323 g/mol. The van der Waals surface area contributed by atoms with Crippen molar-refractivity contribution in [3.8, 4) is 16.9 Å². The van der Waals surface area contributed by atoms with Crippen molar-refractivity contribution in [3.05, 3.63) is 34.4 Å².